The molecule has 2 aromatic carbocycles. The quantitative estimate of drug-likeness (QED) is 0.536. The van der Waals surface area contributed by atoms with Gasteiger partial charge in [0.15, 0.2) is 6.61 Å². The average Bonchev–Trinajstić information content (AvgIpc) is 2.77. The lowest BCUT2D eigenvalue weighted by Gasteiger charge is -2.17. The van der Waals surface area contributed by atoms with Gasteiger partial charge >= 0.3 is 5.97 Å². The number of benzene rings is 2. The van der Waals surface area contributed by atoms with Crippen molar-refractivity contribution < 1.29 is 28.6 Å². The van der Waals surface area contributed by atoms with E-state index in [0.29, 0.717) is 35.3 Å². The van der Waals surface area contributed by atoms with Gasteiger partial charge < -0.3 is 24.4 Å². The van der Waals surface area contributed by atoms with Crippen LogP contribution in [0.3, 0.4) is 0 Å². The highest BCUT2D eigenvalue weighted by Crippen LogP contribution is 2.17. The van der Waals surface area contributed by atoms with Crippen LogP contribution in [-0.4, -0.2) is 56.6 Å². The largest absolute Gasteiger partial charge is 0.497 e. The van der Waals surface area contributed by atoms with E-state index in [-0.39, 0.29) is 12.5 Å². The van der Waals surface area contributed by atoms with Crippen LogP contribution in [-0.2, 0) is 14.3 Å². The van der Waals surface area contributed by atoms with Crippen LogP contribution >= 0.6 is 0 Å². The van der Waals surface area contributed by atoms with E-state index in [0.717, 1.165) is 6.42 Å². The summed E-state index contributed by atoms with van der Waals surface area (Å²) in [6.45, 7) is 4.20. The zero-order chi connectivity index (χ0) is 23.5. The first-order valence-corrected chi connectivity index (χ1v) is 10.4. The summed E-state index contributed by atoms with van der Waals surface area (Å²) in [5.74, 6) is 0.324. The lowest BCUT2D eigenvalue weighted by atomic mass is 10.1. The van der Waals surface area contributed by atoms with Gasteiger partial charge in [-0.2, -0.15) is 0 Å². The Morgan fingerprint density at radius 1 is 1.03 bits per heavy atom. The zero-order valence-electron chi connectivity index (χ0n) is 18.9. The van der Waals surface area contributed by atoms with Crippen LogP contribution in [0.5, 0.6) is 11.5 Å². The molecule has 32 heavy (non-hydrogen) atoms. The standard InChI is InChI=1S/C24H30N2O6/c1-17(2)12-13-31-20-10-8-18(9-11-20)24(29)32-16-23(28)26(3)15-22(27)25-19-6-5-7-21(14-19)30-4/h5-11,14,17H,12-13,15-16H2,1-4H3,(H,25,27). The molecule has 2 amide bonds. The first-order chi connectivity index (χ1) is 15.3. The van der Waals surface area contributed by atoms with Crippen LogP contribution in [0.2, 0.25) is 0 Å². The molecule has 0 radical (unpaired) electrons. The van der Waals surface area contributed by atoms with E-state index in [4.69, 9.17) is 14.2 Å². The highest BCUT2D eigenvalue weighted by Gasteiger charge is 2.16. The van der Waals surface area contributed by atoms with Gasteiger partial charge in [0, 0.05) is 18.8 Å². The van der Waals surface area contributed by atoms with E-state index < -0.39 is 18.5 Å². The maximum Gasteiger partial charge on any atom is 0.338 e. The van der Waals surface area contributed by atoms with Gasteiger partial charge in [0.25, 0.3) is 5.91 Å². The minimum absolute atomic E-state index is 0.185. The van der Waals surface area contributed by atoms with Gasteiger partial charge in [-0.1, -0.05) is 19.9 Å². The summed E-state index contributed by atoms with van der Waals surface area (Å²) in [5.41, 5.74) is 0.866. The number of esters is 1. The molecule has 0 aromatic heterocycles. The van der Waals surface area contributed by atoms with Gasteiger partial charge in [0.1, 0.15) is 11.5 Å². The number of carbonyl (C=O) groups is 3. The van der Waals surface area contributed by atoms with E-state index in [9.17, 15) is 14.4 Å². The fraction of sp³-hybridized carbons (Fsp3) is 0.375. The summed E-state index contributed by atoms with van der Waals surface area (Å²) in [6, 6.07) is 13.4. The third kappa shape index (κ3) is 8.29. The predicted octanol–water partition coefficient (Wildman–Crippen LogP) is 3.37. The number of hydrogen-bond donors (Lipinski definition) is 1. The number of rotatable bonds is 11. The second-order valence-corrected chi connectivity index (χ2v) is 7.66. The molecule has 172 valence electrons. The normalized spacial score (nSPS) is 10.4. The van der Waals surface area contributed by atoms with Crippen molar-refractivity contribution in [1.29, 1.82) is 0 Å². The van der Waals surface area contributed by atoms with Crippen molar-refractivity contribution in [3.05, 3.63) is 54.1 Å². The second kappa shape index (κ2) is 12.3. The summed E-state index contributed by atoms with van der Waals surface area (Å²) in [4.78, 5) is 37.8. The molecule has 0 aliphatic rings. The van der Waals surface area contributed by atoms with E-state index in [1.807, 2.05) is 0 Å². The van der Waals surface area contributed by atoms with Crippen LogP contribution in [0, 0.1) is 5.92 Å². The number of anilines is 1. The molecule has 0 saturated heterocycles. The maximum atomic E-state index is 12.2. The highest BCUT2D eigenvalue weighted by atomic mass is 16.5. The highest BCUT2D eigenvalue weighted by molar-refractivity contribution is 5.95. The van der Waals surface area contributed by atoms with Crippen LogP contribution in [0.15, 0.2) is 48.5 Å². The molecule has 2 rings (SSSR count). The molecule has 0 aliphatic heterocycles. The number of amides is 2. The Labute approximate surface area is 188 Å². The predicted molar refractivity (Wildman–Crippen MR) is 121 cm³/mol. The van der Waals surface area contributed by atoms with Crippen LogP contribution in [0.4, 0.5) is 5.69 Å². The van der Waals surface area contributed by atoms with Gasteiger partial charge in [-0.15, -0.1) is 0 Å². The Hall–Kier alpha value is -3.55. The van der Waals surface area contributed by atoms with Crippen molar-refractivity contribution in [2.45, 2.75) is 20.3 Å². The summed E-state index contributed by atoms with van der Waals surface area (Å²) >= 11 is 0. The monoisotopic (exact) mass is 442 g/mol. The zero-order valence-corrected chi connectivity index (χ0v) is 18.9. The summed E-state index contributed by atoms with van der Waals surface area (Å²) in [5, 5.41) is 2.69. The molecule has 0 fully saturated rings. The summed E-state index contributed by atoms with van der Waals surface area (Å²) < 4.78 is 15.8. The van der Waals surface area contributed by atoms with Crippen molar-refractivity contribution in [3.8, 4) is 11.5 Å². The summed E-state index contributed by atoms with van der Waals surface area (Å²) in [7, 11) is 3.00. The van der Waals surface area contributed by atoms with Crippen molar-refractivity contribution in [2.75, 3.05) is 39.2 Å². The van der Waals surface area contributed by atoms with Gasteiger partial charge in [0.2, 0.25) is 5.91 Å². The lowest BCUT2D eigenvalue weighted by Crippen LogP contribution is -2.37. The molecule has 0 atom stereocenters. The van der Waals surface area contributed by atoms with Gasteiger partial charge in [0.05, 0.1) is 25.8 Å². The summed E-state index contributed by atoms with van der Waals surface area (Å²) in [6.07, 6.45) is 0.941. The second-order valence-electron chi connectivity index (χ2n) is 7.66. The van der Waals surface area contributed by atoms with E-state index in [2.05, 4.69) is 19.2 Å². The smallest absolute Gasteiger partial charge is 0.338 e. The van der Waals surface area contributed by atoms with Crippen molar-refractivity contribution >= 4 is 23.5 Å². The Kier molecular flexibility index (Phi) is 9.53. The minimum Gasteiger partial charge on any atom is -0.497 e. The third-order valence-electron chi connectivity index (χ3n) is 4.54. The molecule has 2 aromatic rings. The molecule has 0 spiro atoms. The van der Waals surface area contributed by atoms with Crippen molar-refractivity contribution in [3.63, 3.8) is 0 Å². The van der Waals surface area contributed by atoms with Crippen molar-refractivity contribution in [2.24, 2.45) is 5.92 Å². The molecule has 0 saturated carbocycles. The molecule has 0 unspecified atom stereocenters. The fourth-order valence-corrected chi connectivity index (χ4v) is 2.63. The number of methoxy groups -OCH3 is 1. The van der Waals surface area contributed by atoms with Crippen LogP contribution < -0.4 is 14.8 Å². The molecule has 1 N–H and O–H groups in total. The number of hydrogen-bond acceptors (Lipinski definition) is 6. The topological polar surface area (TPSA) is 94.2 Å². The Bertz CT molecular complexity index is 911. The SMILES string of the molecule is COc1cccc(NC(=O)CN(C)C(=O)COC(=O)c2ccc(OCCC(C)C)cc2)c1. The molecule has 8 heteroatoms. The van der Waals surface area contributed by atoms with Gasteiger partial charge in [-0.05, 0) is 48.7 Å². The lowest BCUT2D eigenvalue weighted by molar-refractivity contribution is -0.136. The first kappa shape index (κ1) is 24.7. The molecule has 0 aliphatic carbocycles. The number of nitrogens with zero attached hydrogens (tertiary/aromatic N) is 1. The number of likely N-dealkylation sites (N-methyl/N-ethyl adjacent to an activating group) is 1. The van der Waals surface area contributed by atoms with Crippen molar-refractivity contribution in [1.82, 2.24) is 4.90 Å². The van der Waals surface area contributed by atoms with Gasteiger partial charge in [-0.3, -0.25) is 9.59 Å². The van der Waals surface area contributed by atoms with E-state index in [1.54, 1.807) is 48.5 Å². The van der Waals surface area contributed by atoms with Crippen LogP contribution in [0.1, 0.15) is 30.6 Å². The average molecular weight is 443 g/mol. The molecular weight excluding hydrogens is 412 g/mol. The van der Waals surface area contributed by atoms with E-state index in [1.165, 1.54) is 19.1 Å². The molecule has 8 nitrogen and oxygen atoms in total. The number of nitrogens with one attached hydrogen (secondary N) is 1. The molecular formula is C24H30N2O6. The fourth-order valence-electron chi connectivity index (χ4n) is 2.63. The van der Waals surface area contributed by atoms with Crippen LogP contribution in [0.25, 0.3) is 0 Å². The Morgan fingerprint density at radius 2 is 1.75 bits per heavy atom. The Morgan fingerprint density at radius 3 is 2.41 bits per heavy atom. The Balaban J connectivity index is 1.76. The van der Waals surface area contributed by atoms with E-state index >= 15 is 0 Å². The molecule has 0 heterocycles. The number of ether oxygens (including phenoxy) is 3. The third-order valence-corrected chi connectivity index (χ3v) is 4.54. The first-order valence-electron chi connectivity index (χ1n) is 10.4. The minimum atomic E-state index is -0.624. The number of carbonyl (C=O) groups excluding carboxylic acids is 3. The van der Waals surface area contributed by atoms with Gasteiger partial charge in [-0.25, -0.2) is 4.79 Å². The molecule has 0 bridgehead atoms. The maximum absolute atomic E-state index is 12.2.